The van der Waals surface area contributed by atoms with Crippen LogP contribution in [0.15, 0.2) is 18.2 Å². The van der Waals surface area contributed by atoms with Crippen LogP contribution in [0.5, 0.6) is 11.5 Å². The van der Waals surface area contributed by atoms with Crippen LogP contribution in [0.25, 0.3) is 0 Å². The lowest BCUT2D eigenvalue weighted by Gasteiger charge is -2.09. The Morgan fingerprint density at radius 2 is 2.00 bits per heavy atom. The van der Waals surface area contributed by atoms with Gasteiger partial charge in [-0.1, -0.05) is 33.3 Å². The number of nitrogens with one attached hydrogen (secondary N) is 1. The number of alkyl halides is 1. The number of methoxy groups -OCH3 is 2. The lowest BCUT2D eigenvalue weighted by molar-refractivity contribution is -0.116. The third-order valence-electron chi connectivity index (χ3n) is 3.11. The normalized spacial score (nSPS) is 10.4. The first-order valence-corrected chi connectivity index (χ1v) is 8.99. The van der Waals surface area contributed by atoms with Crippen molar-refractivity contribution in [2.45, 2.75) is 19.3 Å². The van der Waals surface area contributed by atoms with E-state index in [4.69, 9.17) is 9.47 Å². The zero-order chi connectivity index (χ0) is 16.7. The molecule has 8 heteroatoms. The lowest BCUT2D eigenvalue weighted by Crippen LogP contribution is -2.12. The van der Waals surface area contributed by atoms with Crippen LogP contribution in [-0.2, 0) is 17.6 Å². The van der Waals surface area contributed by atoms with Crippen molar-refractivity contribution < 1.29 is 14.3 Å². The van der Waals surface area contributed by atoms with Crippen molar-refractivity contribution in [1.29, 1.82) is 0 Å². The number of halogens is 1. The first kappa shape index (κ1) is 17.7. The molecule has 2 aromatic rings. The number of aromatic nitrogens is 2. The molecule has 0 aliphatic rings. The monoisotopic (exact) mass is 399 g/mol. The average molecular weight is 400 g/mol. The number of hydrogen-bond donors (Lipinski definition) is 1. The van der Waals surface area contributed by atoms with Gasteiger partial charge in [0, 0.05) is 18.2 Å². The molecule has 1 heterocycles. The molecule has 2 rings (SSSR count). The van der Waals surface area contributed by atoms with Crippen LogP contribution in [0.4, 0.5) is 5.13 Å². The summed E-state index contributed by atoms with van der Waals surface area (Å²) in [5.74, 6) is 1.25. The van der Waals surface area contributed by atoms with E-state index >= 15 is 0 Å². The maximum absolute atomic E-state index is 12.0. The molecule has 0 radical (unpaired) electrons. The topological polar surface area (TPSA) is 73.3 Å². The summed E-state index contributed by atoms with van der Waals surface area (Å²) in [5.41, 5.74) is 1.01. The Balaban J connectivity index is 1.88. The third-order valence-corrected chi connectivity index (χ3v) is 4.41. The molecule has 0 aliphatic carbocycles. The Kier molecular flexibility index (Phi) is 6.79. The minimum atomic E-state index is -0.0821. The van der Waals surface area contributed by atoms with Gasteiger partial charge >= 0.3 is 0 Å². The molecule has 0 spiro atoms. The van der Waals surface area contributed by atoms with Crippen molar-refractivity contribution >= 4 is 38.3 Å². The van der Waals surface area contributed by atoms with Gasteiger partial charge in [-0.05, 0) is 24.1 Å². The van der Waals surface area contributed by atoms with Gasteiger partial charge in [-0.15, -0.1) is 10.2 Å². The highest BCUT2D eigenvalue weighted by atomic mass is 79.9. The summed E-state index contributed by atoms with van der Waals surface area (Å²) in [5, 5.41) is 13.0. The molecule has 1 amide bonds. The van der Waals surface area contributed by atoms with Crippen molar-refractivity contribution in [2.24, 2.45) is 0 Å². The molecule has 0 aliphatic heterocycles. The van der Waals surface area contributed by atoms with Crippen molar-refractivity contribution in [2.75, 3.05) is 24.9 Å². The molecule has 1 aromatic heterocycles. The number of carbonyl (C=O) groups excluding carboxylic acids is 1. The second-order valence-corrected chi connectivity index (χ2v) is 6.53. The van der Waals surface area contributed by atoms with E-state index in [1.807, 2.05) is 18.2 Å². The minimum absolute atomic E-state index is 0.0821. The van der Waals surface area contributed by atoms with E-state index in [0.717, 1.165) is 22.3 Å². The van der Waals surface area contributed by atoms with Gasteiger partial charge in [0.05, 0.1) is 14.2 Å². The van der Waals surface area contributed by atoms with Crippen LogP contribution in [0.1, 0.15) is 17.0 Å². The molecule has 23 heavy (non-hydrogen) atoms. The summed E-state index contributed by atoms with van der Waals surface area (Å²) >= 11 is 4.75. The van der Waals surface area contributed by atoms with E-state index in [1.54, 1.807) is 14.2 Å². The number of rotatable bonds is 8. The quantitative estimate of drug-likeness (QED) is 0.690. The number of nitrogens with zero attached hydrogens (tertiary/aromatic N) is 2. The smallest absolute Gasteiger partial charge is 0.226 e. The molecule has 0 fully saturated rings. The van der Waals surface area contributed by atoms with Gasteiger partial charge in [-0.25, -0.2) is 0 Å². The number of amides is 1. The molecule has 124 valence electrons. The van der Waals surface area contributed by atoms with E-state index in [1.165, 1.54) is 11.3 Å². The van der Waals surface area contributed by atoms with E-state index in [9.17, 15) is 4.79 Å². The van der Waals surface area contributed by atoms with Crippen LogP contribution >= 0.6 is 27.3 Å². The standard InChI is InChI=1S/C15H18BrN3O3S/c1-21-11-5-3-10(9-12(11)22-2)4-6-13(20)17-15-19-18-14(23-15)7-8-16/h3,5,9H,4,6-8H2,1-2H3,(H,17,19,20). The fourth-order valence-corrected chi connectivity index (χ4v) is 3.36. The number of benzene rings is 1. The summed E-state index contributed by atoms with van der Waals surface area (Å²) < 4.78 is 10.5. The Labute approximate surface area is 147 Å². The summed E-state index contributed by atoms with van der Waals surface area (Å²) in [6.07, 6.45) is 1.78. The molecule has 6 nitrogen and oxygen atoms in total. The summed E-state index contributed by atoms with van der Waals surface area (Å²) in [7, 11) is 3.19. The zero-order valence-electron chi connectivity index (χ0n) is 13.0. The lowest BCUT2D eigenvalue weighted by atomic mass is 10.1. The minimum Gasteiger partial charge on any atom is -0.493 e. The van der Waals surface area contributed by atoms with Gasteiger partial charge in [0.25, 0.3) is 0 Å². The molecule has 0 atom stereocenters. The molecule has 0 saturated heterocycles. The number of hydrogen-bond acceptors (Lipinski definition) is 6. The number of ether oxygens (including phenoxy) is 2. The maximum Gasteiger partial charge on any atom is 0.226 e. The van der Waals surface area contributed by atoms with E-state index < -0.39 is 0 Å². The largest absolute Gasteiger partial charge is 0.493 e. The predicted molar refractivity (Wildman–Crippen MR) is 93.9 cm³/mol. The first-order valence-electron chi connectivity index (χ1n) is 7.05. The fraction of sp³-hybridized carbons (Fsp3) is 0.400. The van der Waals surface area contributed by atoms with Crippen molar-refractivity contribution in [3.8, 4) is 11.5 Å². The first-order chi connectivity index (χ1) is 11.2. The van der Waals surface area contributed by atoms with E-state index in [0.29, 0.717) is 29.5 Å². The van der Waals surface area contributed by atoms with Gasteiger partial charge in [0.15, 0.2) is 11.5 Å². The van der Waals surface area contributed by atoms with Gasteiger partial charge < -0.3 is 14.8 Å². The fourth-order valence-electron chi connectivity index (χ4n) is 1.96. The maximum atomic E-state index is 12.0. The molecule has 1 N–H and O–H groups in total. The highest BCUT2D eigenvalue weighted by molar-refractivity contribution is 9.09. The summed E-state index contributed by atoms with van der Waals surface area (Å²) in [6, 6.07) is 5.64. The predicted octanol–water partition coefficient (Wildman–Crippen LogP) is 3.06. The Hall–Kier alpha value is -1.67. The van der Waals surface area contributed by atoms with E-state index in [2.05, 4.69) is 31.4 Å². The van der Waals surface area contributed by atoms with Crippen LogP contribution in [0.3, 0.4) is 0 Å². The SMILES string of the molecule is COc1ccc(CCC(=O)Nc2nnc(CCBr)s2)cc1OC. The molecule has 0 saturated carbocycles. The number of anilines is 1. The molecular formula is C15H18BrN3O3S. The average Bonchev–Trinajstić information content (AvgIpc) is 3.00. The molecule has 1 aromatic carbocycles. The number of aryl methyl sites for hydroxylation is 2. The highest BCUT2D eigenvalue weighted by Gasteiger charge is 2.10. The second kappa shape index (κ2) is 8.83. The van der Waals surface area contributed by atoms with Crippen LogP contribution in [0.2, 0.25) is 0 Å². The molecule has 0 bridgehead atoms. The van der Waals surface area contributed by atoms with Gasteiger partial charge in [0.2, 0.25) is 11.0 Å². The Morgan fingerprint density at radius 1 is 1.22 bits per heavy atom. The van der Waals surface area contributed by atoms with Crippen LogP contribution < -0.4 is 14.8 Å². The number of carbonyl (C=O) groups is 1. The third kappa shape index (κ3) is 5.18. The van der Waals surface area contributed by atoms with Crippen LogP contribution in [-0.4, -0.2) is 35.7 Å². The van der Waals surface area contributed by atoms with Crippen molar-refractivity contribution in [3.05, 3.63) is 28.8 Å². The van der Waals surface area contributed by atoms with Gasteiger partial charge in [-0.3, -0.25) is 4.79 Å². The van der Waals surface area contributed by atoms with Crippen LogP contribution in [0, 0.1) is 0 Å². The van der Waals surface area contributed by atoms with Crippen molar-refractivity contribution in [1.82, 2.24) is 10.2 Å². The van der Waals surface area contributed by atoms with Gasteiger partial charge in [0.1, 0.15) is 5.01 Å². The van der Waals surface area contributed by atoms with Crippen molar-refractivity contribution in [3.63, 3.8) is 0 Å². The van der Waals surface area contributed by atoms with Gasteiger partial charge in [-0.2, -0.15) is 0 Å². The zero-order valence-corrected chi connectivity index (χ0v) is 15.4. The van der Waals surface area contributed by atoms with E-state index in [-0.39, 0.29) is 5.91 Å². The molecule has 0 unspecified atom stereocenters. The summed E-state index contributed by atoms with van der Waals surface area (Å²) in [6.45, 7) is 0. The second-order valence-electron chi connectivity index (χ2n) is 4.68. The Morgan fingerprint density at radius 3 is 2.70 bits per heavy atom. The summed E-state index contributed by atoms with van der Waals surface area (Å²) in [4.78, 5) is 12.0. The Bertz CT molecular complexity index is 663. The highest BCUT2D eigenvalue weighted by Crippen LogP contribution is 2.28. The molecular weight excluding hydrogens is 382 g/mol.